The Labute approximate surface area is 107 Å². The van der Waals surface area contributed by atoms with Gasteiger partial charge in [-0.2, -0.15) is 16.4 Å². The Morgan fingerprint density at radius 3 is 3.00 bits per heavy atom. The number of hydrogen-bond donors (Lipinski definition) is 2. The minimum atomic E-state index is 0.0862. The molecule has 86 valence electrons. The molecule has 1 atom stereocenters. The zero-order chi connectivity index (χ0) is 11.4. The molecule has 0 radical (unpaired) electrons. The van der Waals surface area contributed by atoms with Gasteiger partial charge in [0.15, 0.2) is 0 Å². The molecule has 0 amide bonds. The van der Waals surface area contributed by atoms with Gasteiger partial charge in [-0.1, -0.05) is 6.92 Å². The number of thiophene rings is 1. The molecule has 2 heterocycles. The van der Waals surface area contributed by atoms with Crippen molar-refractivity contribution >= 4 is 27.3 Å². The minimum Gasteiger partial charge on any atom is -0.304 e. The normalized spacial score (nSPS) is 12.9. The van der Waals surface area contributed by atoms with Gasteiger partial charge in [-0.25, -0.2) is 4.98 Å². The summed E-state index contributed by atoms with van der Waals surface area (Å²) in [5.41, 5.74) is 1.20. The molecule has 0 aliphatic carbocycles. The molecule has 0 saturated carbocycles. The van der Waals surface area contributed by atoms with Crippen molar-refractivity contribution in [1.82, 2.24) is 20.5 Å². The smallest absolute Gasteiger partial charge is 0.146 e. The molecule has 0 bridgehead atoms. The Balaban J connectivity index is 2.25. The lowest BCUT2D eigenvalue weighted by molar-refractivity contribution is 0.573. The summed E-state index contributed by atoms with van der Waals surface area (Å²) in [5.74, 6) is 0.854. The average molecular weight is 301 g/mol. The van der Waals surface area contributed by atoms with E-state index in [0.717, 1.165) is 23.3 Å². The maximum atomic E-state index is 4.22. The number of H-pyrrole nitrogens is 1. The Morgan fingerprint density at radius 2 is 2.44 bits per heavy atom. The molecule has 0 fully saturated rings. The number of aromatic amines is 1. The lowest BCUT2D eigenvalue weighted by Crippen LogP contribution is -2.24. The van der Waals surface area contributed by atoms with Crippen LogP contribution in [-0.2, 0) is 0 Å². The molecular formula is C10H13BrN4S. The standard InChI is InChI=1S/C10H13BrN4S/c1-2-3-12-9(10-13-6-14-15-10)7-4-16-5-8(7)11/h4-6,9,12H,2-3H2,1H3,(H,13,14,15). The van der Waals surface area contributed by atoms with Gasteiger partial charge in [0.1, 0.15) is 12.2 Å². The second-order valence-corrected chi connectivity index (χ2v) is 5.03. The van der Waals surface area contributed by atoms with Gasteiger partial charge >= 0.3 is 0 Å². The monoisotopic (exact) mass is 300 g/mol. The number of rotatable bonds is 5. The fourth-order valence-corrected chi connectivity index (χ4v) is 3.05. The van der Waals surface area contributed by atoms with Crippen LogP contribution in [0.2, 0.25) is 0 Å². The Bertz CT molecular complexity index is 426. The molecule has 16 heavy (non-hydrogen) atoms. The third-order valence-electron chi connectivity index (χ3n) is 2.26. The third-order valence-corrected chi connectivity index (χ3v) is 4.01. The second-order valence-electron chi connectivity index (χ2n) is 3.43. The molecule has 2 rings (SSSR count). The summed E-state index contributed by atoms with van der Waals surface area (Å²) in [5, 5.41) is 14.5. The highest BCUT2D eigenvalue weighted by atomic mass is 79.9. The van der Waals surface area contributed by atoms with Gasteiger partial charge in [0.25, 0.3) is 0 Å². The summed E-state index contributed by atoms with van der Waals surface area (Å²) in [6.07, 6.45) is 2.63. The van der Waals surface area contributed by atoms with E-state index < -0.39 is 0 Å². The lowest BCUT2D eigenvalue weighted by Gasteiger charge is -2.15. The van der Waals surface area contributed by atoms with Crippen LogP contribution in [-0.4, -0.2) is 21.7 Å². The lowest BCUT2D eigenvalue weighted by atomic mass is 10.1. The molecule has 0 aliphatic rings. The molecule has 0 aliphatic heterocycles. The Hall–Kier alpha value is -0.720. The van der Waals surface area contributed by atoms with E-state index in [1.54, 1.807) is 11.3 Å². The summed E-state index contributed by atoms with van der Waals surface area (Å²) >= 11 is 5.23. The van der Waals surface area contributed by atoms with Gasteiger partial charge in [-0.05, 0) is 34.3 Å². The van der Waals surface area contributed by atoms with E-state index in [0.29, 0.717) is 0 Å². The Kier molecular flexibility index (Phi) is 4.09. The van der Waals surface area contributed by atoms with Gasteiger partial charge in [-0.3, -0.25) is 5.10 Å². The van der Waals surface area contributed by atoms with Crippen molar-refractivity contribution in [3.05, 3.63) is 32.9 Å². The molecule has 4 nitrogen and oxygen atoms in total. The van der Waals surface area contributed by atoms with Crippen LogP contribution in [0.25, 0.3) is 0 Å². The van der Waals surface area contributed by atoms with Crippen molar-refractivity contribution in [2.45, 2.75) is 19.4 Å². The van der Waals surface area contributed by atoms with Crippen LogP contribution < -0.4 is 5.32 Å². The van der Waals surface area contributed by atoms with Crippen LogP contribution in [0.4, 0.5) is 0 Å². The van der Waals surface area contributed by atoms with E-state index in [-0.39, 0.29) is 6.04 Å². The number of nitrogens with zero attached hydrogens (tertiary/aromatic N) is 2. The van der Waals surface area contributed by atoms with Gasteiger partial charge in [-0.15, -0.1) is 0 Å². The molecule has 6 heteroatoms. The average Bonchev–Trinajstić information content (AvgIpc) is 2.91. The maximum Gasteiger partial charge on any atom is 0.146 e. The molecule has 0 aromatic carbocycles. The van der Waals surface area contributed by atoms with E-state index in [1.165, 1.54) is 11.9 Å². The molecule has 0 saturated heterocycles. The Morgan fingerprint density at radius 1 is 1.56 bits per heavy atom. The van der Waals surface area contributed by atoms with Crippen LogP contribution >= 0.6 is 27.3 Å². The zero-order valence-electron chi connectivity index (χ0n) is 8.90. The number of nitrogens with one attached hydrogen (secondary N) is 2. The van der Waals surface area contributed by atoms with Gasteiger partial charge in [0.2, 0.25) is 0 Å². The minimum absolute atomic E-state index is 0.0862. The van der Waals surface area contributed by atoms with Crippen molar-refractivity contribution in [3.8, 4) is 0 Å². The fraction of sp³-hybridized carbons (Fsp3) is 0.400. The van der Waals surface area contributed by atoms with E-state index in [1.807, 2.05) is 0 Å². The van der Waals surface area contributed by atoms with Gasteiger partial charge in [0, 0.05) is 15.4 Å². The first-order valence-corrected chi connectivity index (χ1v) is 6.86. The number of aromatic nitrogens is 3. The van der Waals surface area contributed by atoms with Crippen molar-refractivity contribution in [1.29, 1.82) is 0 Å². The maximum absolute atomic E-state index is 4.22. The summed E-state index contributed by atoms with van der Waals surface area (Å²) < 4.78 is 1.11. The van der Waals surface area contributed by atoms with E-state index in [9.17, 15) is 0 Å². The molecule has 2 aromatic heterocycles. The summed E-state index contributed by atoms with van der Waals surface area (Å²) in [6, 6.07) is 0.0862. The highest BCUT2D eigenvalue weighted by molar-refractivity contribution is 9.10. The second kappa shape index (κ2) is 5.56. The first-order chi connectivity index (χ1) is 7.83. The fourth-order valence-electron chi connectivity index (χ4n) is 1.49. The van der Waals surface area contributed by atoms with E-state index in [4.69, 9.17) is 0 Å². The van der Waals surface area contributed by atoms with Crippen LogP contribution in [0.15, 0.2) is 21.6 Å². The third kappa shape index (κ3) is 2.50. The quantitative estimate of drug-likeness (QED) is 0.893. The first kappa shape index (κ1) is 11.8. The molecule has 2 aromatic rings. The SMILES string of the molecule is CCCNC(c1ncn[nH]1)c1cscc1Br. The first-order valence-electron chi connectivity index (χ1n) is 5.13. The largest absolute Gasteiger partial charge is 0.304 e. The van der Waals surface area contributed by atoms with Crippen LogP contribution in [0.3, 0.4) is 0 Å². The van der Waals surface area contributed by atoms with E-state index in [2.05, 4.69) is 54.1 Å². The van der Waals surface area contributed by atoms with Crippen molar-refractivity contribution in [2.75, 3.05) is 6.54 Å². The topological polar surface area (TPSA) is 53.6 Å². The summed E-state index contributed by atoms with van der Waals surface area (Å²) in [6.45, 7) is 3.10. The molecular weight excluding hydrogens is 288 g/mol. The highest BCUT2D eigenvalue weighted by Gasteiger charge is 2.19. The highest BCUT2D eigenvalue weighted by Crippen LogP contribution is 2.29. The summed E-state index contributed by atoms with van der Waals surface area (Å²) in [7, 11) is 0. The van der Waals surface area contributed by atoms with Crippen molar-refractivity contribution in [2.24, 2.45) is 0 Å². The number of halogens is 1. The van der Waals surface area contributed by atoms with Crippen molar-refractivity contribution in [3.63, 3.8) is 0 Å². The molecule has 1 unspecified atom stereocenters. The van der Waals surface area contributed by atoms with Crippen LogP contribution in [0, 0.1) is 0 Å². The van der Waals surface area contributed by atoms with Gasteiger partial charge < -0.3 is 5.32 Å². The summed E-state index contributed by atoms with van der Waals surface area (Å²) in [4.78, 5) is 4.22. The predicted molar refractivity (Wildman–Crippen MR) is 68.5 cm³/mol. The number of hydrogen-bond acceptors (Lipinski definition) is 4. The predicted octanol–water partition coefficient (Wildman–Crippen LogP) is 2.72. The molecule has 0 spiro atoms. The molecule has 2 N–H and O–H groups in total. The van der Waals surface area contributed by atoms with Crippen LogP contribution in [0.1, 0.15) is 30.8 Å². The van der Waals surface area contributed by atoms with Crippen LogP contribution in [0.5, 0.6) is 0 Å². The van der Waals surface area contributed by atoms with E-state index >= 15 is 0 Å². The zero-order valence-corrected chi connectivity index (χ0v) is 11.3. The van der Waals surface area contributed by atoms with Gasteiger partial charge in [0.05, 0.1) is 6.04 Å². The van der Waals surface area contributed by atoms with Crippen molar-refractivity contribution < 1.29 is 0 Å².